The van der Waals surface area contributed by atoms with Crippen LogP contribution in [0.4, 0.5) is 4.39 Å². The standard InChI is InChI=1S/C19H24FN3O.C8H11N3OS/c1-12(18-11-14-10-15(20)6-9-17(14)22-18)21-16-7-4-13(5-8-16)19(24)23(2)3;1-11-3-2-5-6(4-11)13-8(10-5)7(9)12/h6,9-11,13,16,21-22H,1,4-5,7-8H2,2-3H3;2-4H2,1H3,(H2,9,12). The van der Waals surface area contributed by atoms with Crippen LogP contribution in [0, 0.1) is 11.7 Å². The number of hydrogen-bond acceptors (Lipinski definition) is 6. The second kappa shape index (κ2) is 11.4. The Bertz CT molecular complexity index is 1290. The molecule has 3 heterocycles. The number of nitrogens with one attached hydrogen (secondary N) is 2. The maximum Gasteiger partial charge on any atom is 0.277 e. The minimum absolute atomic E-state index is 0.141. The number of rotatable bonds is 5. The highest BCUT2D eigenvalue weighted by atomic mass is 32.1. The van der Waals surface area contributed by atoms with Gasteiger partial charge in [0.1, 0.15) is 5.82 Å². The Kier molecular flexibility index (Phi) is 8.29. The molecule has 2 aliphatic rings. The number of primary amides is 1. The van der Waals surface area contributed by atoms with Crippen molar-refractivity contribution < 1.29 is 14.0 Å². The number of likely N-dealkylation sites (N-methyl/N-ethyl adjacent to an activating group) is 1. The van der Waals surface area contributed by atoms with E-state index in [1.807, 2.05) is 20.2 Å². The molecule has 1 aromatic carbocycles. The Labute approximate surface area is 220 Å². The number of H-pyrrole nitrogens is 1. The number of benzene rings is 1. The molecule has 10 heteroatoms. The lowest BCUT2D eigenvalue weighted by atomic mass is 9.85. The predicted molar refractivity (Wildman–Crippen MR) is 146 cm³/mol. The van der Waals surface area contributed by atoms with Gasteiger partial charge >= 0.3 is 0 Å². The number of halogens is 1. The maximum absolute atomic E-state index is 13.3. The maximum atomic E-state index is 13.3. The number of amides is 2. The Hall–Kier alpha value is -3.24. The van der Waals surface area contributed by atoms with E-state index in [2.05, 4.69) is 33.8 Å². The highest BCUT2D eigenvalue weighted by Crippen LogP contribution is 2.28. The second-order valence-electron chi connectivity index (χ2n) is 10.1. The van der Waals surface area contributed by atoms with Gasteiger partial charge < -0.3 is 25.8 Å². The van der Waals surface area contributed by atoms with Crippen LogP contribution < -0.4 is 11.1 Å². The number of carbonyl (C=O) groups is 2. The van der Waals surface area contributed by atoms with E-state index in [0.29, 0.717) is 11.0 Å². The zero-order valence-electron chi connectivity index (χ0n) is 21.6. The first-order chi connectivity index (χ1) is 17.6. The molecule has 198 valence electrons. The molecule has 0 saturated heterocycles. The van der Waals surface area contributed by atoms with E-state index in [-0.39, 0.29) is 17.6 Å². The summed E-state index contributed by atoms with van der Waals surface area (Å²) in [5, 5.41) is 4.74. The molecule has 37 heavy (non-hydrogen) atoms. The fourth-order valence-corrected chi connectivity index (χ4v) is 5.91. The molecule has 0 radical (unpaired) electrons. The van der Waals surface area contributed by atoms with Crippen molar-refractivity contribution in [2.75, 3.05) is 27.7 Å². The van der Waals surface area contributed by atoms with Crippen LogP contribution in [-0.2, 0) is 17.8 Å². The number of fused-ring (bicyclic) bond motifs is 2. The highest BCUT2D eigenvalue weighted by molar-refractivity contribution is 7.13. The molecule has 2 aromatic heterocycles. The van der Waals surface area contributed by atoms with Gasteiger partial charge in [0.25, 0.3) is 5.91 Å². The third-order valence-electron chi connectivity index (χ3n) is 6.94. The molecule has 1 fully saturated rings. The van der Waals surface area contributed by atoms with Gasteiger partial charge in [-0.15, -0.1) is 11.3 Å². The van der Waals surface area contributed by atoms with Crippen molar-refractivity contribution in [1.82, 2.24) is 25.1 Å². The minimum Gasteiger partial charge on any atom is -0.381 e. The molecule has 1 aliphatic carbocycles. The topological polar surface area (TPSA) is 107 Å². The van der Waals surface area contributed by atoms with Gasteiger partial charge in [-0.1, -0.05) is 6.58 Å². The monoisotopic (exact) mass is 526 g/mol. The SMILES string of the molecule is C=C(NC1CCC(C(=O)N(C)C)CC1)c1cc2cc(F)ccc2[nH]1.CN1CCc2nc(C(N)=O)sc2C1. The lowest BCUT2D eigenvalue weighted by molar-refractivity contribution is -0.134. The van der Waals surface area contributed by atoms with E-state index in [0.717, 1.165) is 73.2 Å². The van der Waals surface area contributed by atoms with Crippen LogP contribution in [0.5, 0.6) is 0 Å². The summed E-state index contributed by atoms with van der Waals surface area (Å²) in [6.07, 6.45) is 4.64. The summed E-state index contributed by atoms with van der Waals surface area (Å²) < 4.78 is 13.3. The van der Waals surface area contributed by atoms with E-state index in [4.69, 9.17) is 5.73 Å². The first-order valence-electron chi connectivity index (χ1n) is 12.5. The van der Waals surface area contributed by atoms with Crippen LogP contribution in [0.25, 0.3) is 16.6 Å². The van der Waals surface area contributed by atoms with E-state index < -0.39 is 5.91 Å². The zero-order chi connectivity index (χ0) is 26.7. The van der Waals surface area contributed by atoms with Gasteiger partial charge in [-0.25, -0.2) is 9.37 Å². The van der Waals surface area contributed by atoms with Gasteiger partial charge in [0.2, 0.25) is 5.91 Å². The smallest absolute Gasteiger partial charge is 0.277 e. The number of carbonyl (C=O) groups excluding carboxylic acids is 2. The van der Waals surface area contributed by atoms with Crippen molar-refractivity contribution in [3.05, 3.63) is 57.9 Å². The molecule has 5 rings (SSSR count). The van der Waals surface area contributed by atoms with Crippen LogP contribution in [-0.4, -0.2) is 65.3 Å². The van der Waals surface area contributed by atoms with E-state index in [1.54, 1.807) is 11.0 Å². The van der Waals surface area contributed by atoms with Gasteiger partial charge in [0.15, 0.2) is 5.01 Å². The molecule has 3 aromatic rings. The number of hydrogen-bond donors (Lipinski definition) is 3. The zero-order valence-corrected chi connectivity index (χ0v) is 22.5. The summed E-state index contributed by atoms with van der Waals surface area (Å²) >= 11 is 1.42. The number of thiazole rings is 1. The third kappa shape index (κ3) is 6.56. The molecule has 0 bridgehead atoms. The quantitative estimate of drug-likeness (QED) is 0.470. The van der Waals surface area contributed by atoms with Crippen LogP contribution >= 0.6 is 11.3 Å². The summed E-state index contributed by atoms with van der Waals surface area (Å²) in [4.78, 5) is 35.4. The number of nitrogens with zero attached hydrogens (tertiary/aromatic N) is 3. The highest BCUT2D eigenvalue weighted by Gasteiger charge is 2.27. The summed E-state index contributed by atoms with van der Waals surface area (Å²) in [5.41, 5.74) is 8.80. The van der Waals surface area contributed by atoms with Gasteiger partial charge in [-0.05, 0) is 57.0 Å². The Morgan fingerprint density at radius 3 is 2.65 bits per heavy atom. The van der Waals surface area contributed by atoms with E-state index >= 15 is 0 Å². The average Bonchev–Trinajstić information content (AvgIpc) is 3.48. The number of nitrogens with two attached hydrogens (primary N) is 1. The van der Waals surface area contributed by atoms with Crippen LogP contribution in [0.15, 0.2) is 30.8 Å². The lowest BCUT2D eigenvalue weighted by Gasteiger charge is -2.30. The van der Waals surface area contributed by atoms with E-state index in [9.17, 15) is 14.0 Å². The number of aromatic nitrogens is 2. The molecule has 0 spiro atoms. The van der Waals surface area contributed by atoms with Gasteiger partial charge in [0.05, 0.1) is 17.1 Å². The normalized spacial score (nSPS) is 19.5. The molecule has 4 N–H and O–H groups in total. The van der Waals surface area contributed by atoms with Crippen LogP contribution in [0.2, 0.25) is 0 Å². The molecular formula is C27H35FN6O2S. The molecule has 1 saturated carbocycles. The van der Waals surface area contributed by atoms with Crippen molar-refractivity contribution >= 4 is 39.8 Å². The molecule has 0 unspecified atom stereocenters. The summed E-state index contributed by atoms with van der Waals surface area (Å²) in [6, 6.07) is 6.93. The molecular weight excluding hydrogens is 491 g/mol. The van der Waals surface area contributed by atoms with Crippen LogP contribution in [0.1, 0.15) is 51.8 Å². The summed E-state index contributed by atoms with van der Waals surface area (Å²) in [6.45, 7) is 6.01. The predicted octanol–water partition coefficient (Wildman–Crippen LogP) is 3.74. The van der Waals surface area contributed by atoms with Gasteiger partial charge in [-0.2, -0.15) is 0 Å². The number of aromatic amines is 1. The van der Waals surface area contributed by atoms with E-state index in [1.165, 1.54) is 28.3 Å². The average molecular weight is 527 g/mol. The molecule has 2 amide bonds. The van der Waals surface area contributed by atoms with Crippen molar-refractivity contribution in [2.45, 2.75) is 44.7 Å². The van der Waals surface area contributed by atoms with Crippen LogP contribution in [0.3, 0.4) is 0 Å². The fraction of sp³-hybridized carbons (Fsp3) is 0.444. The van der Waals surface area contributed by atoms with Crippen molar-refractivity contribution in [2.24, 2.45) is 11.7 Å². The van der Waals surface area contributed by atoms with Crippen molar-refractivity contribution in [3.63, 3.8) is 0 Å². The molecule has 8 nitrogen and oxygen atoms in total. The van der Waals surface area contributed by atoms with Gasteiger partial charge in [-0.3, -0.25) is 9.59 Å². The largest absolute Gasteiger partial charge is 0.381 e. The first kappa shape index (κ1) is 26.8. The minimum atomic E-state index is -0.415. The summed E-state index contributed by atoms with van der Waals surface area (Å²) in [7, 11) is 5.69. The molecule has 1 aliphatic heterocycles. The first-order valence-corrected chi connectivity index (χ1v) is 13.3. The molecule has 0 atom stereocenters. The van der Waals surface area contributed by atoms with Crippen molar-refractivity contribution in [1.29, 1.82) is 0 Å². The Morgan fingerprint density at radius 2 is 1.97 bits per heavy atom. The third-order valence-corrected chi connectivity index (χ3v) is 8.03. The Morgan fingerprint density at radius 1 is 1.24 bits per heavy atom. The lowest BCUT2D eigenvalue weighted by Crippen LogP contribution is -2.37. The summed E-state index contributed by atoms with van der Waals surface area (Å²) in [5.74, 6) is -0.287. The second-order valence-corrected chi connectivity index (χ2v) is 11.1. The van der Waals surface area contributed by atoms with Crippen molar-refractivity contribution in [3.8, 4) is 0 Å². The van der Waals surface area contributed by atoms with Gasteiger partial charge in [0, 0.05) is 61.3 Å². The fourth-order valence-electron chi connectivity index (χ4n) is 4.87. The Balaban J connectivity index is 0.000000207.